The smallest absolute Gasteiger partial charge is 0.251 e. The lowest BCUT2D eigenvalue weighted by atomic mass is 10.0. The van der Waals surface area contributed by atoms with Crippen molar-refractivity contribution in [2.75, 3.05) is 26.6 Å². The number of rotatable bonds is 7. The Morgan fingerprint density at radius 2 is 1.77 bits per heavy atom. The number of nitrogens with one attached hydrogen (secondary N) is 4. The predicted molar refractivity (Wildman–Crippen MR) is 133 cm³/mol. The highest BCUT2D eigenvalue weighted by molar-refractivity contribution is 5.98. The molecule has 0 saturated heterocycles. The summed E-state index contributed by atoms with van der Waals surface area (Å²) < 4.78 is 11.1. The number of carbonyl (C=O) groups excluding carboxylic acids is 1. The van der Waals surface area contributed by atoms with E-state index in [9.17, 15) is 4.79 Å². The molecule has 10 nitrogen and oxygen atoms in total. The molecule has 4 N–H and O–H groups in total. The number of amides is 1. The molecule has 0 bridgehead atoms. The third-order valence-electron chi connectivity index (χ3n) is 5.60. The number of fused-ring (bicyclic) bond motifs is 1. The van der Waals surface area contributed by atoms with Gasteiger partial charge in [0.1, 0.15) is 17.2 Å². The van der Waals surface area contributed by atoms with Gasteiger partial charge in [-0.25, -0.2) is 4.98 Å². The second-order valence-corrected chi connectivity index (χ2v) is 7.62. The number of aromatic amines is 2. The number of hydrogen-bond donors (Lipinski definition) is 4. The lowest BCUT2D eigenvalue weighted by Crippen LogP contribution is -2.17. The molecule has 1 amide bonds. The maximum absolute atomic E-state index is 11.9. The molecule has 0 aliphatic carbocycles. The summed E-state index contributed by atoms with van der Waals surface area (Å²) >= 11 is 0. The molecule has 10 heteroatoms. The predicted octanol–water partition coefficient (Wildman–Crippen LogP) is 4.14. The van der Waals surface area contributed by atoms with E-state index < -0.39 is 0 Å². The first kappa shape index (κ1) is 22.0. The van der Waals surface area contributed by atoms with Crippen LogP contribution in [0.5, 0.6) is 11.6 Å². The van der Waals surface area contributed by atoms with Gasteiger partial charge in [0.25, 0.3) is 5.91 Å². The van der Waals surface area contributed by atoms with Crippen LogP contribution in [-0.2, 0) is 0 Å². The van der Waals surface area contributed by atoms with Gasteiger partial charge in [0.15, 0.2) is 0 Å². The molecule has 0 atom stereocenters. The van der Waals surface area contributed by atoms with E-state index in [2.05, 4.69) is 35.6 Å². The lowest BCUT2D eigenvalue weighted by Gasteiger charge is -2.12. The first-order chi connectivity index (χ1) is 17.1. The zero-order valence-electron chi connectivity index (χ0n) is 19.3. The monoisotopic (exact) mass is 469 g/mol. The molecule has 2 aromatic carbocycles. The SMILES string of the molecule is CNC(=O)c1ccc(Nc2nc(OC)c3c(-c4ccc(-c5ncc[nH]5)cc4)c[nH]c3n2)c(OC)c1. The maximum atomic E-state index is 11.9. The molecule has 0 radical (unpaired) electrons. The molecule has 0 unspecified atom stereocenters. The second kappa shape index (κ2) is 9.18. The highest BCUT2D eigenvalue weighted by Crippen LogP contribution is 2.36. The Hall–Kier alpha value is -4.86. The number of hydrogen-bond acceptors (Lipinski definition) is 7. The molecule has 5 aromatic rings. The van der Waals surface area contributed by atoms with Crippen molar-refractivity contribution in [2.24, 2.45) is 0 Å². The van der Waals surface area contributed by atoms with Crippen LogP contribution in [0.1, 0.15) is 10.4 Å². The Morgan fingerprint density at radius 3 is 2.46 bits per heavy atom. The molecule has 35 heavy (non-hydrogen) atoms. The summed E-state index contributed by atoms with van der Waals surface area (Å²) in [6.07, 6.45) is 5.40. The minimum atomic E-state index is -0.203. The Morgan fingerprint density at radius 1 is 0.971 bits per heavy atom. The lowest BCUT2D eigenvalue weighted by molar-refractivity contribution is 0.0963. The van der Waals surface area contributed by atoms with Gasteiger partial charge in [0.05, 0.1) is 25.3 Å². The van der Waals surface area contributed by atoms with E-state index >= 15 is 0 Å². The molecule has 0 aliphatic rings. The van der Waals surface area contributed by atoms with E-state index in [4.69, 9.17) is 9.47 Å². The van der Waals surface area contributed by atoms with Gasteiger partial charge in [-0.15, -0.1) is 0 Å². The van der Waals surface area contributed by atoms with Gasteiger partial charge in [-0.1, -0.05) is 24.3 Å². The van der Waals surface area contributed by atoms with Crippen LogP contribution in [0, 0.1) is 0 Å². The van der Waals surface area contributed by atoms with Crippen molar-refractivity contribution in [1.82, 2.24) is 30.2 Å². The molecule has 3 aromatic heterocycles. The summed E-state index contributed by atoms with van der Waals surface area (Å²) in [5.74, 6) is 1.83. The third-order valence-corrected chi connectivity index (χ3v) is 5.60. The third kappa shape index (κ3) is 4.12. The average Bonchev–Trinajstić information content (AvgIpc) is 3.59. The van der Waals surface area contributed by atoms with Crippen molar-refractivity contribution in [3.63, 3.8) is 0 Å². The molecule has 0 fully saturated rings. The normalized spacial score (nSPS) is 10.8. The fourth-order valence-electron chi connectivity index (χ4n) is 3.86. The molecule has 0 aliphatic heterocycles. The average molecular weight is 470 g/mol. The Labute approximate surface area is 200 Å². The Kier molecular flexibility index (Phi) is 5.76. The van der Waals surface area contributed by atoms with Gasteiger partial charge >= 0.3 is 0 Å². The van der Waals surface area contributed by atoms with Crippen molar-refractivity contribution in [2.45, 2.75) is 0 Å². The maximum Gasteiger partial charge on any atom is 0.251 e. The van der Waals surface area contributed by atoms with Crippen molar-refractivity contribution in [3.05, 3.63) is 66.6 Å². The number of methoxy groups -OCH3 is 2. The van der Waals surface area contributed by atoms with Gasteiger partial charge in [-0.2, -0.15) is 9.97 Å². The van der Waals surface area contributed by atoms with Crippen LogP contribution >= 0.6 is 0 Å². The highest BCUT2D eigenvalue weighted by atomic mass is 16.5. The summed E-state index contributed by atoms with van der Waals surface area (Å²) in [5.41, 5.74) is 4.61. The van der Waals surface area contributed by atoms with Crippen LogP contribution in [0.25, 0.3) is 33.5 Å². The van der Waals surface area contributed by atoms with Crippen molar-refractivity contribution in [1.29, 1.82) is 0 Å². The minimum absolute atomic E-state index is 0.203. The van der Waals surface area contributed by atoms with Gasteiger partial charge in [0, 0.05) is 42.3 Å². The largest absolute Gasteiger partial charge is 0.495 e. The number of nitrogens with zero attached hydrogens (tertiary/aromatic N) is 3. The highest BCUT2D eigenvalue weighted by Gasteiger charge is 2.17. The molecule has 0 spiro atoms. The van der Waals surface area contributed by atoms with Crippen LogP contribution in [0.3, 0.4) is 0 Å². The summed E-state index contributed by atoms with van der Waals surface area (Å²) in [5, 5.41) is 6.52. The quantitative estimate of drug-likeness (QED) is 0.282. The van der Waals surface area contributed by atoms with Gasteiger partial charge in [-0.05, 0) is 23.8 Å². The zero-order valence-corrected chi connectivity index (χ0v) is 19.3. The molecule has 0 saturated carbocycles. The zero-order chi connectivity index (χ0) is 24.4. The molecule has 3 heterocycles. The van der Waals surface area contributed by atoms with Gasteiger partial charge < -0.3 is 30.1 Å². The minimum Gasteiger partial charge on any atom is -0.495 e. The van der Waals surface area contributed by atoms with Crippen LogP contribution < -0.4 is 20.1 Å². The Balaban J connectivity index is 1.49. The number of H-pyrrole nitrogens is 2. The number of anilines is 2. The summed E-state index contributed by atoms with van der Waals surface area (Å²) in [4.78, 5) is 31.8. The molecule has 176 valence electrons. The van der Waals surface area contributed by atoms with E-state index in [0.717, 1.165) is 27.9 Å². The van der Waals surface area contributed by atoms with E-state index in [0.29, 0.717) is 34.5 Å². The van der Waals surface area contributed by atoms with E-state index in [1.807, 2.05) is 30.5 Å². The van der Waals surface area contributed by atoms with E-state index in [-0.39, 0.29) is 5.91 Å². The second-order valence-electron chi connectivity index (χ2n) is 7.62. The van der Waals surface area contributed by atoms with Gasteiger partial charge in [-0.3, -0.25) is 4.79 Å². The Bertz CT molecular complexity index is 1490. The number of carbonyl (C=O) groups is 1. The van der Waals surface area contributed by atoms with Crippen molar-refractivity contribution in [3.8, 4) is 34.1 Å². The summed E-state index contributed by atoms with van der Waals surface area (Å²) in [7, 11) is 4.68. The van der Waals surface area contributed by atoms with Crippen LogP contribution in [0.15, 0.2) is 61.1 Å². The number of imidazole rings is 1. The fraction of sp³-hybridized carbons (Fsp3) is 0.120. The first-order valence-electron chi connectivity index (χ1n) is 10.8. The first-order valence-corrected chi connectivity index (χ1v) is 10.8. The number of benzene rings is 2. The summed E-state index contributed by atoms with van der Waals surface area (Å²) in [6, 6.07) is 13.1. The molecule has 5 rings (SSSR count). The van der Waals surface area contributed by atoms with Crippen LogP contribution in [-0.4, -0.2) is 52.1 Å². The molecular weight excluding hydrogens is 446 g/mol. The topological polar surface area (TPSA) is 130 Å². The summed E-state index contributed by atoms with van der Waals surface area (Å²) in [6.45, 7) is 0. The number of aromatic nitrogens is 5. The van der Waals surface area contributed by atoms with Gasteiger partial charge in [0.2, 0.25) is 11.8 Å². The van der Waals surface area contributed by atoms with Crippen LogP contribution in [0.4, 0.5) is 11.6 Å². The molecular formula is C25H23N7O3. The van der Waals surface area contributed by atoms with Crippen molar-refractivity contribution < 1.29 is 14.3 Å². The van der Waals surface area contributed by atoms with Crippen LogP contribution in [0.2, 0.25) is 0 Å². The number of ether oxygens (including phenoxy) is 2. The van der Waals surface area contributed by atoms with Crippen molar-refractivity contribution >= 4 is 28.6 Å². The fourth-order valence-corrected chi connectivity index (χ4v) is 3.86. The van der Waals surface area contributed by atoms with E-state index in [1.165, 1.54) is 7.11 Å². The van der Waals surface area contributed by atoms with E-state index in [1.54, 1.807) is 44.8 Å². The standard InChI is InChI=1S/C25H23N7O3/c1-26-23(33)16-8-9-18(19(12-16)34-2)30-25-31-22-20(24(32-25)35-3)17(13-29-22)14-4-6-15(7-5-14)21-27-10-11-28-21/h4-13H,1-3H3,(H,26,33)(H,27,28)(H2,29,30,31,32).